The van der Waals surface area contributed by atoms with Gasteiger partial charge in [-0.1, -0.05) is 57.2 Å². The van der Waals surface area contributed by atoms with Crippen LogP contribution in [0.5, 0.6) is 6.01 Å². The van der Waals surface area contributed by atoms with E-state index in [1.165, 1.54) is 55.2 Å². The normalized spacial score (nSPS) is 18.2. The van der Waals surface area contributed by atoms with Crippen molar-refractivity contribution < 1.29 is 50.2 Å². The third-order valence-electron chi connectivity index (χ3n) is 14.8. The Balaban J connectivity index is 0.000000202. The number of aromatic nitrogens is 2. The number of amides is 3. The molecule has 6 heterocycles. The van der Waals surface area contributed by atoms with Gasteiger partial charge >= 0.3 is 12.2 Å². The van der Waals surface area contributed by atoms with Gasteiger partial charge < -0.3 is 45.9 Å². The Bertz CT molecular complexity index is 3240. The summed E-state index contributed by atoms with van der Waals surface area (Å²) < 4.78 is 97.3. The molecule has 0 radical (unpaired) electrons. The number of nitriles is 1. The maximum atomic E-state index is 14.6. The molecule has 4 aliphatic heterocycles. The van der Waals surface area contributed by atoms with E-state index in [9.17, 15) is 46.0 Å². The number of thiophene rings is 1. The lowest BCUT2D eigenvalue weighted by Gasteiger charge is -2.34. The van der Waals surface area contributed by atoms with Crippen molar-refractivity contribution in [1.82, 2.24) is 35.7 Å². The molecule has 6 aromatic rings. The van der Waals surface area contributed by atoms with Gasteiger partial charge in [-0.2, -0.15) is 28.4 Å². The molecule has 0 aliphatic carbocycles. The first-order valence-electron chi connectivity index (χ1n) is 27.8. The van der Waals surface area contributed by atoms with Crippen molar-refractivity contribution in [1.29, 1.82) is 5.26 Å². The second-order valence-corrected chi connectivity index (χ2v) is 22.8. The Morgan fingerprint density at radius 1 is 0.878 bits per heavy atom. The van der Waals surface area contributed by atoms with E-state index in [2.05, 4.69) is 51.6 Å². The van der Waals surface area contributed by atoms with Gasteiger partial charge in [-0.25, -0.2) is 13.2 Å². The Morgan fingerprint density at radius 2 is 1.56 bits per heavy atom. The van der Waals surface area contributed by atoms with Crippen molar-refractivity contribution in [3.63, 3.8) is 0 Å². The molecule has 0 saturated carbocycles. The standard InChI is InChI=1S/C31H40F2N4O4.C25H20F4N6OS.C4H10/c1-22(23-10-12-24(13-11-23)30-25(32)7-4-8-26(30)33)35-31(40)27-9-5-18-37(27)29(39)21-34-28(38)14-20-41-19-6-17-36-15-2-3-16-36;1-36-24-33-19-7-14(13-4-5-18(26)21-20(13)16(8-30)22(31)37-21)17(25(27,28)29)6-15(19)23(34-24)35-9-11-2-3-12(10-35)32-11;1-4(2)3/h4,7-8,10-13,22,27H,2-3,5-6,9,14-21H2,1H3,(H,34,38)(H,35,40);4-7,11-12,32H,2-3,9-10,31H2,1H3;4H,1-3H3. The van der Waals surface area contributed by atoms with Crippen LogP contribution in [0.25, 0.3) is 43.2 Å². The topological polar surface area (TPSA) is 191 Å². The molecule has 438 valence electrons. The molecule has 4 aromatic carbocycles. The highest BCUT2D eigenvalue weighted by Gasteiger charge is 2.39. The smallest absolute Gasteiger partial charge is 0.417 e. The monoisotopic (exact) mass is 1160 g/mol. The number of nitrogens with one attached hydrogen (secondary N) is 3. The van der Waals surface area contributed by atoms with E-state index in [0.717, 1.165) is 73.8 Å². The summed E-state index contributed by atoms with van der Waals surface area (Å²) in [5, 5.41) is 19.1. The molecule has 4 fully saturated rings. The molecule has 4 saturated heterocycles. The summed E-state index contributed by atoms with van der Waals surface area (Å²) in [4.78, 5) is 52.8. The Hall–Kier alpha value is -7.06. The van der Waals surface area contributed by atoms with Crippen LogP contribution in [0.1, 0.15) is 102 Å². The number of anilines is 2. The SMILES string of the molecule is CC(C)C.CC(NC(=O)C1CCCN1C(=O)CNC(=O)CCOCCCN1CCCC1)c1ccc(-c2c(F)cccc2F)cc1.COc1nc(N2CC3CCC(C2)N3)c2cc(C(F)(F)F)c(-c3ccc(F)c4sc(N)c(C#N)c34)cc2n1. The minimum atomic E-state index is -4.75. The lowest BCUT2D eigenvalue weighted by molar-refractivity contribution is -0.139. The minimum Gasteiger partial charge on any atom is -0.467 e. The van der Waals surface area contributed by atoms with Crippen molar-refractivity contribution in [2.45, 2.75) is 109 Å². The average Bonchev–Trinajstić information content (AvgIpc) is 3.96. The van der Waals surface area contributed by atoms with Crippen LogP contribution >= 0.6 is 11.3 Å². The molecule has 82 heavy (non-hydrogen) atoms. The highest BCUT2D eigenvalue weighted by Crippen LogP contribution is 2.47. The first-order chi connectivity index (χ1) is 39.2. The van der Waals surface area contributed by atoms with Gasteiger partial charge in [-0.3, -0.25) is 14.4 Å². The van der Waals surface area contributed by atoms with Crippen molar-refractivity contribution in [2.75, 3.05) is 76.8 Å². The maximum absolute atomic E-state index is 14.6. The largest absolute Gasteiger partial charge is 0.467 e. The summed E-state index contributed by atoms with van der Waals surface area (Å²) in [6.07, 6.45) is 2.11. The molecule has 4 unspecified atom stereocenters. The van der Waals surface area contributed by atoms with Crippen LogP contribution in [0.2, 0.25) is 0 Å². The predicted molar refractivity (Wildman–Crippen MR) is 305 cm³/mol. The van der Waals surface area contributed by atoms with Crippen LogP contribution in [-0.4, -0.2) is 122 Å². The summed E-state index contributed by atoms with van der Waals surface area (Å²) in [7, 11) is 1.40. The quantitative estimate of drug-likeness (QED) is 0.0531. The molecule has 4 aliphatic rings. The summed E-state index contributed by atoms with van der Waals surface area (Å²) in [6.45, 7) is 14.1. The fourth-order valence-corrected chi connectivity index (χ4v) is 11.8. The number of carbonyl (C=O) groups is 3. The van der Waals surface area contributed by atoms with Crippen molar-refractivity contribution in [3.05, 3.63) is 101 Å². The number of hydrogen-bond donors (Lipinski definition) is 4. The molecule has 3 amide bonds. The fourth-order valence-electron chi connectivity index (χ4n) is 10.9. The molecule has 5 N–H and O–H groups in total. The first kappa shape index (κ1) is 61.0. The van der Waals surface area contributed by atoms with Gasteiger partial charge in [-0.15, -0.1) is 11.3 Å². The number of likely N-dealkylation sites (tertiary alicyclic amines) is 2. The lowest BCUT2D eigenvalue weighted by atomic mass is 9.93. The number of carbonyl (C=O) groups excluding carboxylic acids is 3. The molecule has 15 nitrogen and oxygen atoms in total. The molecule has 2 bridgehead atoms. The molecule has 10 rings (SSSR count). The Kier molecular flexibility index (Phi) is 20.3. The molecule has 2 aromatic heterocycles. The lowest BCUT2D eigenvalue weighted by Crippen LogP contribution is -2.51. The summed E-state index contributed by atoms with van der Waals surface area (Å²) >= 11 is 0.830. The number of alkyl halides is 3. The zero-order valence-electron chi connectivity index (χ0n) is 46.7. The number of methoxy groups -OCH3 is 1. The number of piperazine rings is 1. The number of rotatable bonds is 16. The van der Waals surface area contributed by atoms with Crippen LogP contribution in [-0.2, 0) is 25.3 Å². The minimum absolute atomic E-state index is 0.0250. The third-order valence-corrected chi connectivity index (χ3v) is 15.8. The number of nitrogens with two attached hydrogens (primary N) is 1. The van der Waals surface area contributed by atoms with Gasteiger partial charge in [0.2, 0.25) is 17.7 Å². The summed E-state index contributed by atoms with van der Waals surface area (Å²) in [6, 6.07) is 16.5. The van der Waals surface area contributed by atoms with Gasteiger partial charge in [0, 0.05) is 62.1 Å². The summed E-state index contributed by atoms with van der Waals surface area (Å²) in [5.41, 5.74) is 6.07. The van der Waals surface area contributed by atoms with Crippen LogP contribution < -0.4 is 31.3 Å². The van der Waals surface area contributed by atoms with Gasteiger partial charge in [-0.05, 0) is 123 Å². The Labute approximate surface area is 477 Å². The third kappa shape index (κ3) is 14.8. The van der Waals surface area contributed by atoms with E-state index in [4.69, 9.17) is 15.2 Å². The number of ether oxygens (including phenoxy) is 2. The second-order valence-electron chi connectivity index (χ2n) is 21.7. The highest BCUT2D eigenvalue weighted by atomic mass is 32.1. The van der Waals surface area contributed by atoms with Crippen molar-refractivity contribution in [2.24, 2.45) is 5.92 Å². The highest BCUT2D eigenvalue weighted by molar-refractivity contribution is 7.23. The van der Waals surface area contributed by atoms with Gasteiger partial charge in [0.25, 0.3) is 0 Å². The van der Waals surface area contributed by atoms with Gasteiger partial charge in [0.05, 0.1) is 53.2 Å². The summed E-state index contributed by atoms with van der Waals surface area (Å²) in [5.74, 6) is -1.57. The van der Waals surface area contributed by atoms with E-state index in [1.807, 2.05) is 17.9 Å². The van der Waals surface area contributed by atoms with E-state index < -0.39 is 35.2 Å². The zero-order chi connectivity index (χ0) is 58.8. The van der Waals surface area contributed by atoms with Crippen molar-refractivity contribution >= 4 is 60.9 Å². The van der Waals surface area contributed by atoms with Crippen LogP contribution in [0.3, 0.4) is 0 Å². The molecule has 22 heteroatoms. The van der Waals surface area contributed by atoms with Crippen LogP contribution in [0.4, 0.5) is 37.2 Å². The molecular weight excluding hydrogens is 1090 g/mol. The van der Waals surface area contributed by atoms with E-state index in [0.29, 0.717) is 57.1 Å². The molecule has 4 atom stereocenters. The predicted octanol–water partition coefficient (Wildman–Crippen LogP) is 10.5. The van der Waals surface area contributed by atoms with Crippen LogP contribution in [0.15, 0.2) is 66.7 Å². The van der Waals surface area contributed by atoms with Crippen molar-refractivity contribution in [3.8, 4) is 34.3 Å². The number of halogens is 6. The number of fused-ring (bicyclic) bond motifs is 4. The second kappa shape index (κ2) is 27.3. The number of benzene rings is 4. The van der Waals surface area contributed by atoms with Crippen LogP contribution in [0, 0.1) is 34.7 Å². The van der Waals surface area contributed by atoms with E-state index in [-0.39, 0.29) is 103 Å². The van der Waals surface area contributed by atoms with E-state index >= 15 is 0 Å². The number of nitrogen functional groups attached to an aromatic ring is 1. The number of hydrogen-bond acceptors (Lipinski definition) is 13. The van der Waals surface area contributed by atoms with Gasteiger partial charge in [0.1, 0.15) is 40.4 Å². The molecule has 0 spiro atoms. The fraction of sp³-hybridized carbons (Fsp3) is 0.467. The maximum Gasteiger partial charge on any atom is 0.417 e. The first-order valence-corrected chi connectivity index (χ1v) is 28.7. The molecular formula is C60H70F6N10O5S. The van der Waals surface area contributed by atoms with Gasteiger partial charge in [0.15, 0.2) is 0 Å². The number of nitrogens with zero attached hydrogens (tertiary/aromatic N) is 6. The van der Waals surface area contributed by atoms with E-state index in [1.54, 1.807) is 24.3 Å². The average molecular weight is 1160 g/mol. The zero-order valence-corrected chi connectivity index (χ0v) is 47.6. The Morgan fingerprint density at radius 3 is 2.21 bits per heavy atom.